The largest absolute Gasteiger partial charge is 0.393 e. The van der Waals surface area contributed by atoms with Crippen molar-refractivity contribution in [3.8, 4) is 0 Å². The maximum Gasteiger partial charge on any atom is 0.257 e. The highest BCUT2D eigenvalue weighted by Gasteiger charge is 2.21. The first-order chi connectivity index (χ1) is 9.47. The molecular weight excluding hydrogens is 286 g/mol. The van der Waals surface area contributed by atoms with Gasteiger partial charge in [0.2, 0.25) is 0 Å². The molecule has 0 aliphatic rings. The lowest BCUT2D eigenvalue weighted by Gasteiger charge is -2.22. The molecule has 0 radical (unpaired) electrons. The van der Waals surface area contributed by atoms with E-state index < -0.39 is 17.5 Å². The Morgan fingerprint density at radius 1 is 1.40 bits per heavy atom. The molecule has 0 saturated heterocycles. The van der Waals surface area contributed by atoms with E-state index in [1.165, 1.54) is 24.1 Å². The monoisotopic (exact) mass is 302 g/mol. The molecule has 0 spiro atoms. The average molecular weight is 302 g/mol. The molecule has 110 valence electrons. The summed E-state index contributed by atoms with van der Waals surface area (Å²) in [4.78, 5) is 13.8. The van der Waals surface area contributed by atoms with Gasteiger partial charge in [-0.05, 0) is 12.1 Å². The summed E-state index contributed by atoms with van der Waals surface area (Å²) < 4.78 is 31.7. The third-order valence-electron chi connectivity index (χ3n) is 2.66. The second kappa shape index (κ2) is 7.86. The lowest BCUT2D eigenvalue weighted by Crippen LogP contribution is -2.36. The van der Waals surface area contributed by atoms with E-state index in [0.717, 1.165) is 6.07 Å². The Morgan fingerprint density at radius 2 is 2.10 bits per heavy atom. The van der Waals surface area contributed by atoms with Crippen molar-refractivity contribution in [1.29, 1.82) is 0 Å². The Morgan fingerprint density at radius 3 is 2.70 bits per heavy atom. The standard InChI is InChI=1S/C13H16F2N2O2S/c1-19-8-7-17(6-5-11(16)20)13(18)9-3-2-4-10(14)12(9)15/h2-4H,5-8H2,1H3,(H2,16,20). The number of amides is 1. The summed E-state index contributed by atoms with van der Waals surface area (Å²) in [5, 5.41) is 0. The van der Waals surface area contributed by atoms with Crippen LogP contribution < -0.4 is 5.73 Å². The fourth-order valence-electron chi connectivity index (χ4n) is 1.60. The molecule has 0 heterocycles. The summed E-state index contributed by atoms with van der Waals surface area (Å²) in [6.07, 6.45) is 0.307. The minimum absolute atomic E-state index is 0.230. The second-order valence-electron chi connectivity index (χ2n) is 4.10. The summed E-state index contributed by atoms with van der Waals surface area (Å²) in [5.41, 5.74) is 5.07. The van der Waals surface area contributed by atoms with Crippen LogP contribution in [0.4, 0.5) is 8.78 Å². The predicted octanol–water partition coefficient (Wildman–Crippen LogP) is 1.73. The molecule has 2 N–H and O–H groups in total. The van der Waals surface area contributed by atoms with E-state index in [-0.39, 0.29) is 30.2 Å². The Hall–Kier alpha value is -1.60. The van der Waals surface area contributed by atoms with Crippen LogP contribution in [-0.2, 0) is 4.74 Å². The van der Waals surface area contributed by atoms with E-state index in [1.54, 1.807) is 0 Å². The van der Waals surface area contributed by atoms with Crippen molar-refractivity contribution >= 4 is 23.1 Å². The zero-order valence-electron chi connectivity index (χ0n) is 11.1. The fraction of sp³-hybridized carbons (Fsp3) is 0.385. The van der Waals surface area contributed by atoms with Gasteiger partial charge in [0.15, 0.2) is 11.6 Å². The van der Waals surface area contributed by atoms with Crippen LogP contribution in [0.3, 0.4) is 0 Å². The van der Waals surface area contributed by atoms with Gasteiger partial charge in [0, 0.05) is 26.6 Å². The number of hydrogen-bond acceptors (Lipinski definition) is 3. The van der Waals surface area contributed by atoms with Gasteiger partial charge in [0.05, 0.1) is 17.2 Å². The molecule has 0 atom stereocenters. The van der Waals surface area contributed by atoms with Gasteiger partial charge >= 0.3 is 0 Å². The molecular formula is C13H16F2N2O2S. The highest BCUT2D eigenvalue weighted by molar-refractivity contribution is 7.80. The van der Waals surface area contributed by atoms with Gasteiger partial charge in [-0.2, -0.15) is 0 Å². The SMILES string of the molecule is COCCN(CCC(N)=S)C(=O)c1cccc(F)c1F. The molecule has 7 heteroatoms. The average Bonchev–Trinajstić information content (AvgIpc) is 2.41. The molecule has 4 nitrogen and oxygen atoms in total. The number of halogens is 2. The number of hydrogen-bond donors (Lipinski definition) is 1. The third kappa shape index (κ3) is 4.50. The molecule has 0 fully saturated rings. The maximum atomic E-state index is 13.6. The van der Waals surface area contributed by atoms with Gasteiger partial charge in [-0.3, -0.25) is 4.79 Å². The van der Waals surface area contributed by atoms with Crippen molar-refractivity contribution in [2.75, 3.05) is 26.8 Å². The van der Waals surface area contributed by atoms with Crippen LogP contribution in [0.15, 0.2) is 18.2 Å². The number of thiocarbonyl (C=S) groups is 1. The van der Waals surface area contributed by atoms with Crippen molar-refractivity contribution in [1.82, 2.24) is 4.90 Å². The second-order valence-corrected chi connectivity index (χ2v) is 4.63. The molecule has 0 aromatic heterocycles. The molecule has 0 aliphatic carbocycles. The smallest absolute Gasteiger partial charge is 0.257 e. The summed E-state index contributed by atoms with van der Waals surface area (Å²) in [5.74, 6) is -2.83. The number of rotatable bonds is 7. The topological polar surface area (TPSA) is 55.6 Å². The van der Waals surface area contributed by atoms with Crippen molar-refractivity contribution in [2.45, 2.75) is 6.42 Å². The first-order valence-corrected chi connectivity index (χ1v) is 6.38. The fourth-order valence-corrected chi connectivity index (χ4v) is 1.69. The van der Waals surface area contributed by atoms with E-state index in [0.29, 0.717) is 6.42 Å². The molecule has 20 heavy (non-hydrogen) atoms. The molecule has 1 amide bonds. The first-order valence-electron chi connectivity index (χ1n) is 5.98. The maximum absolute atomic E-state index is 13.6. The number of carbonyl (C=O) groups is 1. The van der Waals surface area contributed by atoms with Crippen LogP contribution in [0.1, 0.15) is 16.8 Å². The van der Waals surface area contributed by atoms with E-state index in [2.05, 4.69) is 0 Å². The number of ether oxygens (including phenoxy) is 1. The van der Waals surface area contributed by atoms with Crippen LogP contribution in [0.5, 0.6) is 0 Å². The Labute approximate surface area is 121 Å². The van der Waals surface area contributed by atoms with Gasteiger partial charge in [-0.15, -0.1) is 0 Å². The number of nitrogens with zero attached hydrogens (tertiary/aromatic N) is 1. The summed E-state index contributed by atoms with van der Waals surface area (Å²) in [7, 11) is 1.49. The summed E-state index contributed by atoms with van der Waals surface area (Å²) >= 11 is 4.75. The number of carbonyl (C=O) groups excluding carboxylic acids is 1. The Bertz CT molecular complexity index is 497. The summed E-state index contributed by atoms with van der Waals surface area (Å²) in [6.45, 7) is 0.751. The highest BCUT2D eigenvalue weighted by Crippen LogP contribution is 2.14. The van der Waals surface area contributed by atoms with Gasteiger partial charge in [-0.1, -0.05) is 18.3 Å². The highest BCUT2D eigenvalue weighted by atomic mass is 32.1. The van der Waals surface area contributed by atoms with Crippen LogP contribution in [0, 0.1) is 11.6 Å². The zero-order valence-corrected chi connectivity index (χ0v) is 11.9. The quantitative estimate of drug-likeness (QED) is 0.779. The van der Waals surface area contributed by atoms with Crippen LogP contribution in [0.25, 0.3) is 0 Å². The Kier molecular flexibility index (Phi) is 6.47. The first kappa shape index (κ1) is 16.5. The minimum atomic E-state index is -1.16. The summed E-state index contributed by atoms with van der Waals surface area (Å²) in [6, 6.07) is 3.48. The van der Waals surface area contributed by atoms with Crippen LogP contribution >= 0.6 is 12.2 Å². The molecule has 0 bridgehead atoms. The Balaban J connectivity index is 2.90. The van der Waals surface area contributed by atoms with E-state index in [9.17, 15) is 13.6 Å². The van der Waals surface area contributed by atoms with Crippen molar-refractivity contribution in [3.05, 3.63) is 35.4 Å². The van der Waals surface area contributed by atoms with Crippen molar-refractivity contribution in [2.24, 2.45) is 5.73 Å². The lowest BCUT2D eigenvalue weighted by molar-refractivity contribution is 0.0695. The molecule has 0 saturated carbocycles. The van der Waals surface area contributed by atoms with E-state index in [1.807, 2.05) is 0 Å². The molecule has 1 aromatic carbocycles. The zero-order chi connectivity index (χ0) is 15.1. The predicted molar refractivity (Wildman–Crippen MR) is 75.5 cm³/mol. The van der Waals surface area contributed by atoms with Crippen LogP contribution in [-0.4, -0.2) is 42.6 Å². The molecule has 0 aliphatic heterocycles. The van der Waals surface area contributed by atoms with E-state index in [4.69, 9.17) is 22.7 Å². The number of methoxy groups -OCH3 is 1. The number of nitrogens with two attached hydrogens (primary N) is 1. The van der Waals surface area contributed by atoms with Gasteiger partial charge < -0.3 is 15.4 Å². The van der Waals surface area contributed by atoms with Crippen molar-refractivity contribution < 1.29 is 18.3 Å². The molecule has 0 unspecified atom stereocenters. The van der Waals surface area contributed by atoms with Crippen LogP contribution in [0.2, 0.25) is 0 Å². The minimum Gasteiger partial charge on any atom is -0.393 e. The van der Waals surface area contributed by atoms with Gasteiger partial charge in [-0.25, -0.2) is 8.78 Å². The number of benzene rings is 1. The van der Waals surface area contributed by atoms with Gasteiger partial charge in [0.1, 0.15) is 0 Å². The van der Waals surface area contributed by atoms with E-state index >= 15 is 0 Å². The van der Waals surface area contributed by atoms with Gasteiger partial charge in [0.25, 0.3) is 5.91 Å². The molecule has 1 rings (SSSR count). The normalized spacial score (nSPS) is 10.3. The molecule has 1 aromatic rings. The lowest BCUT2D eigenvalue weighted by atomic mass is 10.1. The third-order valence-corrected chi connectivity index (χ3v) is 2.87. The van der Waals surface area contributed by atoms with Crippen molar-refractivity contribution in [3.63, 3.8) is 0 Å².